The van der Waals surface area contributed by atoms with Crippen molar-refractivity contribution in [2.75, 3.05) is 39.9 Å². The van der Waals surface area contributed by atoms with Crippen molar-refractivity contribution < 1.29 is 9.53 Å². The van der Waals surface area contributed by atoms with Gasteiger partial charge in [-0.1, -0.05) is 13.8 Å². The summed E-state index contributed by atoms with van der Waals surface area (Å²) in [6, 6.07) is 0.198. The van der Waals surface area contributed by atoms with E-state index in [1.54, 1.807) is 7.11 Å². The summed E-state index contributed by atoms with van der Waals surface area (Å²) in [6.07, 6.45) is 2.25. The highest BCUT2D eigenvalue weighted by Gasteiger charge is 2.14. The van der Waals surface area contributed by atoms with Crippen LogP contribution in [0.15, 0.2) is 0 Å². The molecular formula is C15H33N3O2. The molecule has 0 aliphatic carbocycles. The molecule has 1 amide bonds. The van der Waals surface area contributed by atoms with E-state index in [1.807, 2.05) is 6.92 Å². The number of hydrogen-bond acceptors (Lipinski definition) is 4. The number of carbonyl (C=O) groups excluding carboxylic acids is 1. The number of amides is 1. The van der Waals surface area contributed by atoms with Crippen LogP contribution in [0.25, 0.3) is 0 Å². The third-order valence-electron chi connectivity index (χ3n) is 3.54. The molecular weight excluding hydrogens is 254 g/mol. The summed E-state index contributed by atoms with van der Waals surface area (Å²) >= 11 is 0. The fraction of sp³-hybridized carbons (Fsp3) is 0.933. The van der Waals surface area contributed by atoms with Gasteiger partial charge in [-0.05, 0) is 46.3 Å². The van der Waals surface area contributed by atoms with E-state index in [4.69, 9.17) is 4.74 Å². The highest BCUT2D eigenvalue weighted by Crippen LogP contribution is 2.01. The Balaban J connectivity index is 3.78. The molecule has 0 spiro atoms. The average molecular weight is 287 g/mol. The molecule has 0 aromatic heterocycles. The van der Waals surface area contributed by atoms with Gasteiger partial charge in [-0.3, -0.25) is 4.79 Å². The minimum Gasteiger partial charge on any atom is -0.383 e. The zero-order valence-electron chi connectivity index (χ0n) is 13.9. The monoisotopic (exact) mass is 287 g/mol. The summed E-state index contributed by atoms with van der Waals surface area (Å²) in [5, 5.41) is 6.19. The van der Waals surface area contributed by atoms with Crippen LogP contribution in [0.5, 0.6) is 0 Å². The zero-order valence-corrected chi connectivity index (χ0v) is 13.9. The molecule has 0 heterocycles. The molecule has 2 N–H and O–H groups in total. The molecule has 0 saturated heterocycles. The summed E-state index contributed by atoms with van der Waals surface area (Å²) in [5.74, 6) is 0.0395. The second-order valence-electron chi connectivity index (χ2n) is 5.24. The van der Waals surface area contributed by atoms with Gasteiger partial charge in [-0.15, -0.1) is 0 Å². The largest absolute Gasteiger partial charge is 0.383 e. The van der Waals surface area contributed by atoms with E-state index in [-0.39, 0.29) is 11.9 Å². The molecule has 0 radical (unpaired) electrons. The summed E-state index contributed by atoms with van der Waals surface area (Å²) < 4.78 is 4.91. The minimum atomic E-state index is -0.157. The molecule has 0 aliphatic heterocycles. The Bertz CT molecular complexity index is 245. The Morgan fingerprint density at radius 2 is 1.90 bits per heavy atom. The molecule has 2 unspecified atom stereocenters. The van der Waals surface area contributed by atoms with E-state index >= 15 is 0 Å². The molecule has 120 valence electrons. The van der Waals surface area contributed by atoms with E-state index in [1.165, 1.54) is 0 Å². The molecule has 5 nitrogen and oxygen atoms in total. The van der Waals surface area contributed by atoms with E-state index in [0.717, 1.165) is 32.5 Å². The van der Waals surface area contributed by atoms with Crippen LogP contribution >= 0.6 is 0 Å². The van der Waals surface area contributed by atoms with Crippen molar-refractivity contribution in [3.63, 3.8) is 0 Å². The zero-order chi connectivity index (χ0) is 15.4. The molecule has 0 bridgehead atoms. The number of nitrogens with zero attached hydrogens (tertiary/aromatic N) is 1. The third-order valence-corrected chi connectivity index (χ3v) is 3.54. The lowest BCUT2D eigenvalue weighted by Crippen LogP contribution is -2.46. The molecule has 20 heavy (non-hydrogen) atoms. The smallest absolute Gasteiger partial charge is 0.236 e. The first-order valence-electron chi connectivity index (χ1n) is 7.80. The van der Waals surface area contributed by atoms with Gasteiger partial charge in [0, 0.05) is 19.7 Å². The van der Waals surface area contributed by atoms with Gasteiger partial charge in [0.15, 0.2) is 0 Å². The molecule has 0 aliphatic rings. The van der Waals surface area contributed by atoms with Gasteiger partial charge in [-0.25, -0.2) is 0 Å². The van der Waals surface area contributed by atoms with Crippen molar-refractivity contribution in [1.82, 2.24) is 15.5 Å². The molecule has 5 heteroatoms. The Labute approximate surface area is 124 Å². The summed E-state index contributed by atoms with van der Waals surface area (Å²) in [4.78, 5) is 14.2. The van der Waals surface area contributed by atoms with Crippen LogP contribution in [0.2, 0.25) is 0 Å². The first kappa shape index (κ1) is 19.4. The number of carbonyl (C=O) groups is 1. The Hall–Kier alpha value is -0.650. The summed E-state index contributed by atoms with van der Waals surface area (Å²) in [6.45, 7) is 12.9. The summed E-state index contributed by atoms with van der Waals surface area (Å²) in [5.41, 5.74) is 0. The number of rotatable bonds is 12. The van der Waals surface area contributed by atoms with Crippen LogP contribution in [0.1, 0.15) is 40.5 Å². The molecule has 0 aromatic rings. The predicted molar refractivity (Wildman–Crippen MR) is 84.0 cm³/mol. The van der Waals surface area contributed by atoms with Crippen molar-refractivity contribution in [1.29, 1.82) is 0 Å². The maximum atomic E-state index is 11.8. The summed E-state index contributed by atoms with van der Waals surface area (Å²) in [7, 11) is 1.63. The molecule has 0 fully saturated rings. The first-order valence-corrected chi connectivity index (χ1v) is 7.80. The van der Waals surface area contributed by atoms with E-state index < -0.39 is 0 Å². The van der Waals surface area contributed by atoms with Crippen molar-refractivity contribution in [2.24, 2.45) is 0 Å². The Kier molecular flexibility index (Phi) is 11.7. The lowest BCUT2D eigenvalue weighted by atomic mass is 10.1. The first-order chi connectivity index (χ1) is 9.54. The minimum absolute atomic E-state index is 0.0395. The lowest BCUT2D eigenvalue weighted by Gasteiger charge is -2.22. The van der Waals surface area contributed by atoms with Crippen LogP contribution in [0, 0.1) is 0 Å². The average Bonchev–Trinajstić information content (AvgIpc) is 2.43. The van der Waals surface area contributed by atoms with Gasteiger partial charge < -0.3 is 20.3 Å². The molecule has 2 atom stereocenters. The standard InChI is InChI=1S/C15H33N3O2/c1-6-18(7-2)11-8-9-13(3)17-14(4)15(19)16-10-12-20-5/h13-14,17H,6-12H2,1-5H3,(H,16,19). The van der Waals surface area contributed by atoms with Crippen molar-refractivity contribution >= 4 is 5.91 Å². The lowest BCUT2D eigenvalue weighted by molar-refractivity contribution is -0.123. The van der Waals surface area contributed by atoms with Crippen molar-refractivity contribution in [3.8, 4) is 0 Å². The van der Waals surface area contributed by atoms with E-state index in [2.05, 4.69) is 36.3 Å². The quantitative estimate of drug-likeness (QED) is 0.530. The van der Waals surface area contributed by atoms with Gasteiger partial charge in [0.05, 0.1) is 12.6 Å². The highest BCUT2D eigenvalue weighted by atomic mass is 16.5. The van der Waals surface area contributed by atoms with E-state index in [9.17, 15) is 4.79 Å². The Morgan fingerprint density at radius 1 is 1.25 bits per heavy atom. The topological polar surface area (TPSA) is 53.6 Å². The maximum absolute atomic E-state index is 11.8. The van der Waals surface area contributed by atoms with Gasteiger partial charge in [0.2, 0.25) is 5.91 Å². The van der Waals surface area contributed by atoms with Gasteiger partial charge >= 0.3 is 0 Å². The fourth-order valence-corrected chi connectivity index (χ4v) is 2.18. The van der Waals surface area contributed by atoms with Crippen LogP contribution in [0.4, 0.5) is 0 Å². The van der Waals surface area contributed by atoms with Crippen LogP contribution in [0.3, 0.4) is 0 Å². The third kappa shape index (κ3) is 9.28. The second-order valence-corrected chi connectivity index (χ2v) is 5.24. The van der Waals surface area contributed by atoms with Crippen molar-refractivity contribution in [3.05, 3.63) is 0 Å². The maximum Gasteiger partial charge on any atom is 0.236 e. The number of ether oxygens (including phenoxy) is 1. The van der Waals surface area contributed by atoms with Gasteiger partial charge in [0.25, 0.3) is 0 Å². The SMILES string of the molecule is CCN(CC)CCCC(C)NC(C)C(=O)NCCOC. The van der Waals surface area contributed by atoms with Crippen molar-refractivity contribution in [2.45, 2.75) is 52.6 Å². The number of methoxy groups -OCH3 is 1. The van der Waals surface area contributed by atoms with Crippen LogP contribution in [-0.2, 0) is 9.53 Å². The van der Waals surface area contributed by atoms with Crippen LogP contribution < -0.4 is 10.6 Å². The second kappa shape index (κ2) is 12.1. The Morgan fingerprint density at radius 3 is 2.45 bits per heavy atom. The highest BCUT2D eigenvalue weighted by molar-refractivity contribution is 5.81. The normalized spacial score (nSPS) is 14.3. The molecule has 0 rings (SSSR count). The number of nitrogens with one attached hydrogen (secondary N) is 2. The van der Waals surface area contributed by atoms with E-state index in [0.29, 0.717) is 19.2 Å². The molecule has 0 aromatic carbocycles. The van der Waals surface area contributed by atoms with Crippen LogP contribution in [-0.4, -0.2) is 62.8 Å². The number of hydrogen-bond donors (Lipinski definition) is 2. The fourth-order valence-electron chi connectivity index (χ4n) is 2.18. The predicted octanol–water partition coefficient (Wildman–Crippen LogP) is 1.24. The van der Waals surface area contributed by atoms with Gasteiger partial charge in [-0.2, -0.15) is 0 Å². The van der Waals surface area contributed by atoms with Gasteiger partial charge in [0.1, 0.15) is 0 Å². The molecule has 0 saturated carbocycles.